The van der Waals surface area contributed by atoms with Crippen LogP contribution in [0.1, 0.15) is 42.3 Å². The van der Waals surface area contributed by atoms with Crippen LogP contribution in [0.15, 0.2) is 24.3 Å². The summed E-state index contributed by atoms with van der Waals surface area (Å²) in [7, 11) is 0. The molecule has 0 atom stereocenters. The normalized spacial score (nSPS) is 10.8. The predicted molar refractivity (Wildman–Crippen MR) is 73.4 cm³/mol. The van der Waals surface area contributed by atoms with E-state index in [1.54, 1.807) is 18.2 Å². The Morgan fingerprint density at radius 1 is 1.17 bits per heavy atom. The molecule has 0 aliphatic rings. The maximum Gasteiger partial charge on any atom is 1.00 e. The minimum Gasteiger partial charge on any atom is -0.723 e. The molecule has 0 fully saturated rings. The maximum absolute atomic E-state index is 11.2. The van der Waals surface area contributed by atoms with Crippen molar-refractivity contribution in [2.75, 3.05) is 0 Å². The number of carbonyl (C=O) groups excluding carboxylic acids is 1. The monoisotopic (exact) mass is 334 g/mol. The van der Waals surface area contributed by atoms with Crippen LogP contribution in [0, 0.1) is 0 Å². The Kier molecular flexibility index (Phi) is 8.79. The average molecular weight is 334 g/mol. The van der Waals surface area contributed by atoms with Crippen LogP contribution in [0.4, 0.5) is 0 Å². The van der Waals surface area contributed by atoms with Crippen molar-refractivity contribution in [3.05, 3.63) is 41.0 Å². The van der Waals surface area contributed by atoms with E-state index in [1.807, 2.05) is 20.8 Å². The molecule has 0 amide bonds. The molecule has 2 aromatic carbocycles. The number of phenols is 1. The van der Waals surface area contributed by atoms with Gasteiger partial charge in [-0.05, 0) is 34.1 Å². The van der Waals surface area contributed by atoms with Gasteiger partial charge in [0.05, 0.1) is 12.6 Å². The second-order valence-electron chi connectivity index (χ2n) is 6.00. The second-order valence-corrected chi connectivity index (χ2v) is 6.00. The largest absolute Gasteiger partial charge is 1.00 e. The number of carbonyl (C=O) groups is 1. The minimum absolute atomic E-state index is 0. The van der Waals surface area contributed by atoms with Crippen LogP contribution < -0.4 is 69.5 Å². The van der Waals surface area contributed by atoms with Crippen LogP contribution in [0.25, 0.3) is 10.8 Å². The summed E-state index contributed by atoms with van der Waals surface area (Å²) in [6.07, 6.45) is 0. The zero-order chi connectivity index (χ0) is 15.8. The van der Waals surface area contributed by atoms with E-state index in [4.69, 9.17) is 0 Å². The SMILES string of the molecule is CC(C)(C)c1cc(C(=O)[O-])c(O)c2cc(CO[O-])ccc12.[Na+].[Na+]. The van der Waals surface area contributed by atoms with Crippen LogP contribution in [0.5, 0.6) is 5.75 Å². The van der Waals surface area contributed by atoms with Crippen molar-refractivity contribution < 1.29 is 84.3 Å². The van der Waals surface area contributed by atoms with Crippen LogP contribution in [0.2, 0.25) is 0 Å². The van der Waals surface area contributed by atoms with Gasteiger partial charge in [-0.25, -0.2) is 0 Å². The number of aromatic carboxylic acids is 1. The van der Waals surface area contributed by atoms with Gasteiger partial charge in [-0.3, -0.25) is 0 Å². The number of aromatic hydroxyl groups is 1. The van der Waals surface area contributed by atoms with Gasteiger partial charge in [0.25, 0.3) is 0 Å². The Hall–Kier alpha value is -0.110. The van der Waals surface area contributed by atoms with Crippen molar-refractivity contribution in [3.63, 3.8) is 0 Å². The number of carboxylic acids is 1. The zero-order valence-electron chi connectivity index (χ0n) is 14.1. The second kappa shape index (κ2) is 8.83. The first-order chi connectivity index (χ1) is 9.75. The summed E-state index contributed by atoms with van der Waals surface area (Å²) in [5, 5.41) is 32.7. The number of fused-ring (bicyclic) bond motifs is 1. The number of hydrogen-bond acceptors (Lipinski definition) is 5. The Morgan fingerprint density at radius 2 is 1.78 bits per heavy atom. The summed E-state index contributed by atoms with van der Waals surface area (Å²) < 4.78 is 0. The molecule has 0 saturated carbocycles. The van der Waals surface area contributed by atoms with Crippen molar-refractivity contribution in [1.82, 2.24) is 0 Å². The number of carboxylic acid groups (broad SMARTS) is 1. The topological polar surface area (TPSA) is 92.7 Å². The summed E-state index contributed by atoms with van der Waals surface area (Å²) in [5.74, 6) is -1.80. The molecule has 112 valence electrons. The standard InChI is InChI=1S/C16H18O5.2Na/c1-16(2,3)13-7-12(15(18)19)14(17)11-6-9(8-21-20)4-5-10(11)13;;/h4-7,17,20H,8H2,1-3H3,(H,18,19);;/q;2*+1/p-2. The van der Waals surface area contributed by atoms with Crippen LogP contribution in [0.3, 0.4) is 0 Å². The molecule has 2 rings (SSSR count). The minimum atomic E-state index is -1.44. The smallest absolute Gasteiger partial charge is 0.723 e. The third-order valence-electron chi connectivity index (χ3n) is 3.43. The first-order valence-electron chi connectivity index (χ1n) is 6.51. The number of rotatable bonds is 3. The molecule has 0 radical (unpaired) electrons. The molecule has 0 saturated heterocycles. The van der Waals surface area contributed by atoms with Gasteiger partial charge >= 0.3 is 59.1 Å². The maximum atomic E-state index is 11.2. The first kappa shape index (κ1) is 22.9. The number of benzene rings is 2. The molecule has 0 aromatic heterocycles. The summed E-state index contributed by atoms with van der Waals surface area (Å²) in [5.41, 5.74) is 0.770. The molecule has 0 aliphatic heterocycles. The van der Waals surface area contributed by atoms with Gasteiger partial charge in [0.2, 0.25) is 0 Å². The third-order valence-corrected chi connectivity index (χ3v) is 3.43. The van der Waals surface area contributed by atoms with Gasteiger partial charge in [0.15, 0.2) is 0 Å². The van der Waals surface area contributed by atoms with Crippen molar-refractivity contribution >= 4 is 16.7 Å². The van der Waals surface area contributed by atoms with Crippen LogP contribution >= 0.6 is 0 Å². The molecule has 0 unspecified atom stereocenters. The van der Waals surface area contributed by atoms with E-state index in [0.29, 0.717) is 10.9 Å². The quantitative estimate of drug-likeness (QED) is 0.345. The van der Waals surface area contributed by atoms with E-state index < -0.39 is 5.97 Å². The summed E-state index contributed by atoms with van der Waals surface area (Å²) in [4.78, 5) is 15.0. The predicted octanol–water partition coefficient (Wildman–Crippen LogP) is -4.99. The Morgan fingerprint density at radius 3 is 2.26 bits per heavy atom. The summed E-state index contributed by atoms with van der Waals surface area (Å²) in [6, 6.07) is 6.47. The zero-order valence-corrected chi connectivity index (χ0v) is 18.1. The van der Waals surface area contributed by atoms with Crippen LogP contribution in [-0.2, 0) is 16.9 Å². The molecule has 0 bridgehead atoms. The number of hydrogen-bond donors (Lipinski definition) is 1. The van der Waals surface area contributed by atoms with Crippen molar-refractivity contribution in [2.45, 2.75) is 32.8 Å². The van der Waals surface area contributed by atoms with E-state index in [1.165, 1.54) is 6.07 Å². The Bertz CT molecular complexity index is 708. The van der Waals surface area contributed by atoms with E-state index in [-0.39, 0.29) is 82.4 Å². The van der Waals surface area contributed by atoms with Crippen molar-refractivity contribution in [1.29, 1.82) is 0 Å². The third kappa shape index (κ3) is 4.94. The molecular formula is C16H16Na2O5. The molecule has 0 aliphatic carbocycles. The van der Waals surface area contributed by atoms with Crippen molar-refractivity contribution in [2.24, 2.45) is 0 Å². The van der Waals surface area contributed by atoms with E-state index >= 15 is 0 Å². The van der Waals surface area contributed by atoms with Gasteiger partial charge in [-0.2, -0.15) is 0 Å². The van der Waals surface area contributed by atoms with E-state index in [2.05, 4.69) is 4.89 Å². The van der Waals surface area contributed by atoms with Gasteiger partial charge in [-0.15, -0.1) is 0 Å². The fourth-order valence-corrected chi connectivity index (χ4v) is 2.39. The van der Waals surface area contributed by atoms with E-state index in [0.717, 1.165) is 10.9 Å². The Labute approximate surface area is 179 Å². The van der Waals surface area contributed by atoms with Gasteiger partial charge in [0, 0.05) is 10.9 Å². The van der Waals surface area contributed by atoms with E-state index in [9.17, 15) is 20.3 Å². The fraction of sp³-hybridized carbons (Fsp3) is 0.312. The molecule has 7 heteroatoms. The summed E-state index contributed by atoms with van der Waals surface area (Å²) >= 11 is 0. The van der Waals surface area contributed by atoms with Gasteiger partial charge in [-0.1, -0.05) is 32.9 Å². The summed E-state index contributed by atoms with van der Waals surface area (Å²) in [6.45, 7) is 5.70. The van der Waals surface area contributed by atoms with Crippen LogP contribution in [-0.4, -0.2) is 11.1 Å². The molecule has 1 N–H and O–H groups in total. The molecule has 0 heterocycles. The Balaban J connectivity index is 0.00000242. The fourth-order valence-electron chi connectivity index (χ4n) is 2.39. The molecule has 23 heavy (non-hydrogen) atoms. The first-order valence-corrected chi connectivity index (χ1v) is 6.51. The molecule has 2 aromatic rings. The van der Waals surface area contributed by atoms with Crippen molar-refractivity contribution in [3.8, 4) is 5.75 Å². The van der Waals surface area contributed by atoms with Gasteiger partial charge < -0.3 is 25.2 Å². The molecule has 5 nitrogen and oxygen atoms in total. The molecule has 0 spiro atoms. The molecular weight excluding hydrogens is 318 g/mol. The van der Waals surface area contributed by atoms with Gasteiger partial charge in [0.1, 0.15) is 5.75 Å². The average Bonchev–Trinajstić information content (AvgIpc) is 2.38.